The Bertz CT molecular complexity index is 443. The molecule has 0 saturated heterocycles. The Morgan fingerprint density at radius 2 is 2.06 bits per heavy atom. The maximum Gasteiger partial charge on any atom is 0.315 e. The fourth-order valence-corrected chi connectivity index (χ4v) is 1.24. The topological polar surface area (TPSA) is 67.8 Å². The van der Waals surface area contributed by atoms with Crippen LogP contribution in [-0.4, -0.2) is 24.7 Å². The number of nitrogens with zero attached hydrogens (tertiary/aromatic N) is 1. The van der Waals surface area contributed by atoms with Gasteiger partial charge in [-0.25, -0.2) is 5.43 Å². The highest BCUT2D eigenvalue weighted by Crippen LogP contribution is 2.07. The molecule has 1 aromatic rings. The summed E-state index contributed by atoms with van der Waals surface area (Å²) in [6, 6.07) is 6.93. The number of carbonyl (C=O) groups excluding carboxylic acids is 2. The quantitative estimate of drug-likeness (QED) is 0.383. The van der Waals surface area contributed by atoms with Crippen LogP contribution in [-0.2, 0) is 14.3 Å². The summed E-state index contributed by atoms with van der Waals surface area (Å²) in [5.41, 5.74) is 3.02. The molecule has 96 valence electrons. The van der Waals surface area contributed by atoms with Crippen molar-refractivity contribution in [1.82, 2.24) is 5.43 Å². The van der Waals surface area contributed by atoms with E-state index in [4.69, 9.17) is 11.6 Å². The van der Waals surface area contributed by atoms with Crippen LogP contribution in [0.25, 0.3) is 0 Å². The van der Waals surface area contributed by atoms with Crippen molar-refractivity contribution >= 4 is 29.7 Å². The van der Waals surface area contributed by atoms with Gasteiger partial charge in [-0.1, -0.05) is 23.7 Å². The summed E-state index contributed by atoms with van der Waals surface area (Å²) >= 11 is 5.72. The standard InChI is InChI=1S/C12H13ClN2O3/c1-2-18-12(17)7-11(16)15-14-8-9-3-5-10(13)6-4-9/h3-6,8H,2,7H2,1H3,(H,15,16)/b14-8-. The molecule has 0 saturated carbocycles. The predicted molar refractivity (Wildman–Crippen MR) is 68.4 cm³/mol. The molecule has 0 aliphatic carbocycles. The van der Waals surface area contributed by atoms with Crippen molar-refractivity contribution in [3.05, 3.63) is 34.9 Å². The van der Waals surface area contributed by atoms with E-state index in [9.17, 15) is 9.59 Å². The lowest BCUT2D eigenvalue weighted by Gasteiger charge is -2.00. The first-order valence-electron chi connectivity index (χ1n) is 5.35. The molecule has 0 atom stereocenters. The van der Waals surface area contributed by atoms with Gasteiger partial charge in [0.15, 0.2) is 0 Å². The third-order valence-corrected chi connectivity index (χ3v) is 2.14. The molecular weight excluding hydrogens is 256 g/mol. The highest BCUT2D eigenvalue weighted by Gasteiger charge is 2.08. The molecule has 0 spiro atoms. The highest BCUT2D eigenvalue weighted by molar-refractivity contribution is 6.30. The molecule has 0 aliphatic heterocycles. The second-order valence-corrected chi connectivity index (χ2v) is 3.76. The van der Waals surface area contributed by atoms with E-state index in [0.29, 0.717) is 5.02 Å². The fraction of sp³-hybridized carbons (Fsp3) is 0.250. The predicted octanol–water partition coefficient (Wildman–Crippen LogP) is 1.74. The summed E-state index contributed by atoms with van der Waals surface area (Å²) < 4.78 is 4.62. The molecule has 0 bridgehead atoms. The fourth-order valence-electron chi connectivity index (χ4n) is 1.11. The van der Waals surface area contributed by atoms with Gasteiger partial charge in [0.05, 0.1) is 12.8 Å². The molecule has 0 aromatic heterocycles. The van der Waals surface area contributed by atoms with Gasteiger partial charge in [-0.3, -0.25) is 9.59 Å². The van der Waals surface area contributed by atoms with E-state index >= 15 is 0 Å². The zero-order valence-electron chi connectivity index (χ0n) is 9.85. The van der Waals surface area contributed by atoms with E-state index < -0.39 is 11.9 Å². The van der Waals surface area contributed by atoms with Gasteiger partial charge in [0.1, 0.15) is 6.42 Å². The maximum absolute atomic E-state index is 11.2. The summed E-state index contributed by atoms with van der Waals surface area (Å²) in [6.45, 7) is 1.93. The number of carbonyl (C=O) groups is 2. The number of halogens is 1. The van der Waals surface area contributed by atoms with E-state index in [1.165, 1.54) is 6.21 Å². The maximum atomic E-state index is 11.2. The molecule has 6 heteroatoms. The van der Waals surface area contributed by atoms with Crippen molar-refractivity contribution in [2.75, 3.05) is 6.61 Å². The van der Waals surface area contributed by atoms with Crippen LogP contribution in [0.1, 0.15) is 18.9 Å². The number of hydrazone groups is 1. The first-order valence-corrected chi connectivity index (χ1v) is 5.72. The van der Waals surface area contributed by atoms with Gasteiger partial charge in [-0.15, -0.1) is 0 Å². The third kappa shape index (κ3) is 5.45. The van der Waals surface area contributed by atoms with Crippen LogP contribution in [0.4, 0.5) is 0 Å². The number of amides is 1. The molecule has 0 heterocycles. The molecule has 1 N–H and O–H groups in total. The summed E-state index contributed by atoms with van der Waals surface area (Å²) in [5, 5.41) is 4.33. The summed E-state index contributed by atoms with van der Waals surface area (Å²) in [4.78, 5) is 22.2. The Balaban J connectivity index is 2.38. The van der Waals surface area contributed by atoms with Crippen LogP contribution in [0.3, 0.4) is 0 Å². The number of hydrogen-bond donors (Lipinski definition) is 1. The van der Waals surface area contributed by atoms with Gasteiger partial charge >= 0.3 is 5.97 Å². The average molecular weight is 269 g/mol. The van der Waals surface area contributed by atoms with Gasteiger partial charge in [0.2, 0.25) is 0 Å². The minimum Gasteiger partial charge on any atom is -0.466 e. The Morgan fingerprint density at radius 1 is 1.39 bits per heavy atom. The Labute approximate surface area is 110 Å². The van der Waals surface area contributed by atoms with Crippen LogP contribution in [0, 0.1) is 0 Å². The first kappa shape index (κ1) is 14.2. The van der Waals surface area contributed by atoms with Crippen molar-refractivity contribution < 1.29 is 14.3 Å². The van der Waals surface area contributed by atoms with Gasteiger partial charge in [-0.05, 0) is 24.6 Å². The molecule has 0 aliphatic rings. The number of ether oxygens (including phenoxy) is 1. The number of nitrogens with one attached hydrogen (secondary N) is 1. The SMILES string of the molecule is CCOC(=O)CC(=O)N/N=C\c1ccc(Cl)cc1. The van der Waals surface area contributed by atoms with E-state index in [1.54, 1.807) is 31.2 Å². The van der Waals surface area contributed by atoms with E-state index in [2.05, 4.69) is 15.3 Å². The van der Waals surface area contributed by atoms with Crippen LogP contribution < -0.4 is 5.43 Å². The van der Waals surface area contributed by atoms with Crippen LogP contribution in [0.5, 0.6) is 0 Å². The van der Waals surface area contributed by atoms with Crippen LogP contribution in [0.2, 0.25) is 5.02 Å². The Hall–Kier alpha value is -1.88. The van der Waals surface area contributed by atoms with E-state index in [1.807, 2.05) is 0 Å². The molecule has 1 amide bonds. The number of benzene rings is 1. The van der Waals surface area contributed by atoms with Gasteiger partial charge < -0.3 is 4.74 Å². The van der Waals surface area contributed by atoms with Crippen LogP contribution in [0.15, 0.2) is 29.4 Å². The second kappa shape index (κ2) is 7.45. The smallest absolute Gasteiger partial charge is 0.315 e. The van der Waals surface area contributed by atoms with Gasteiger partial charge in [0, 0.05) is 5.02 Å². The molecule has 5 nitrogen and oxygen atoms in total. The molecule has 1 aromatic carbocycles. The lowest BCUT2D eigenvalue weighted by atomic mass is 10.2. The molecule has 1 rings (SSSR count). The molecule has 18 heavy (non-hydrogen) atoms. The minimum atomic E-state index is -0.573. The Kier molecular flexibility index (Phi) is 5.87. The van der Waals surface area contributed by atoms with Crippen molar-refractivity contribution in [2.24, 2.45) is 5.10 Å². The van der Waals surface area contributed by atoms with E-state index in [-0.39, 0.29) is 13.0 Å². The Morgan fingerprint density at radius 3 is 2.67 bits per heavy atom. The summed E-state index contributed by atoms with van der Waals surface area (Å²) in [7, 11) is 0. The summed E-state index contributed by atoms with van der Waals surface area (Å²) in [5.74, 6) is -1.09. The molecule has 0 radical (unpaired) electrons. The van der Waals surface area contributed by atoms with Crippen molar-refractivity contribution in [3.63, 3.8) is 0 Å². The second-order valence-electron chi connectivity index (χ2n) is 3.33. The molecular formula is C12H13ClN2O3. The minimum absolute atomic E-state index is 0.250. The van der Waals surface area contributed by atoms with Crippen molar-refractivity contribution in [1.29, 1.82) is 0 Å². The molecule has 0 fully saturated rings. The number of rotatable bonds is 5. The van der Waals surface area contributed by atoms with Crippen LogP contribution >= 0.6 is 11.6 Å². The average Bonchev–Trinajstić information content (AvgIpc) is 2.32. The lowest BCUT2D eigenvalue weighted by Crippen LogP contribution is -2.22. The number of esters is 1. The highest BCUT2D eigenvalue weighted by atomic mass is 35.5. The van der Waals surface area contributed by atoms with Gasteiger partial charge in [-0.2, -0.15) is 5.10 Å². The lowest BCUT2D eigenvalue weighted by molar-refractivity contribution is -0.145. The van der Waals surface area contributed by atoms with Gasteiger partial charge in [0.25, 0.3) is 5.91 Å². The monoisotopic (exact) mass is 268 g/mol. The largest absolute Gasteiger partial charge is 0.466 e. The zero-order valence-corrected chi connectivity index (χ0v) is 10.6. The first-order chi connectivity index (χ1) is 8.61. The van der Waals surface area contributed by atoms with E-state index in [0.717, 1.165) is 5.56 Å². The normalized spacial score (nSPS) is 10.3. The number of hydrogen-bond acceptors (Lipinski definition) is 4. The third-order valence-electron chi connectivity index (χ3n) is 1.88. The van der Waals surface area contributed by atoms with Crippen molar-refractivity contribution in [2.45, 2.75) is 13.3 Å². The summed E-state index contributed by atoms with van der Waals surface area (Å²) in [6.07, 6.45) is 1.12. The zero-order chi connectivity index (χ0) is 13.4. The molecule has 0 unspecified atom stereocenters. The van der Waals surface area contributed by atoms with Crippen molar-refractivity contribution in [3.8, 4) is 0 Å².